The van der Waals surface area contributed by atoms with Gasteiger partial charge < -0.3 is 4.79 Å². The van der Waals surface area contributed by atoms with E-state index in [0.29, 0.717) is 5.56 Å². The summed E-state index contributed by atoms with van der Waals surface area (Å²) in [6.45, 7) is 3.36. The van der Waals surface area contributed by atoms with Crippen molar-refractivity contribution < 1.29 is 9.59 Å². The van der Waals surface area contributed by atoms with Gasteiger partial charge >= 0.3 is 0 Å². The van der Waals surface area contributed by atoms with Crippen molar-refractivity contribution >= 4 is 24.1 Å². The molecule has 0 aromatic carbocycles. The summed E-state index contributed by atoms with van der Waals surface area (Å²) in [6, 6.07) is 1.83. The van der Waals surface area contributed by atoms with Crippen LogP contribution in [0.5, 0.6) is 0 Å². The summed E-state index contributed by atoms with van der Waals surface area (Å²) < 4.78 is 2.81. The maximum Gasteiger partial charge on any atom is 0.262 e. The van der Waals surface area contributed by atoms with Gasteiger partial charge in [-0.05, 0) is 50.3 Å². The summed E-state index contributed by atoms with van der Waals surface area (Å²) in [5, 5.41) is 0. The van der Waals surface area contributed by atoms with Gasteiger partial charge in [0.05, 0.1) is 5.56 Å². The van der Waals surface area contributed by atoms with E-state index in [9.17, 15) is 4.79 Å². The van der Waals surface area contributed by atoms with Gasteiger partial charge in [-0.3, -0.25) is 14.5 Å². The van der Waals surface area contributed by atoms with Crippen LogP contribution in [0.1, 0.15) is 35.7 Å². The molecule has 1 aliphatic rings. The van der Waals surface area contributed by atoms with Gasteiger partial charge in [-0.25, -0.2) is 0 Å². The van der Waals surface area contributed by atoms with Crippen molar-refractivity contribution in [1.29, 1.82) is 0 Å². The Morgan fingerprint density at radius 3 is 2.75 bits per heavy atom. The van der Waals surface area contributed by atoms with E-state index < -0.39 is 0 Å². The number of aryl methyl sites for hydroxylation is 1. The lowest BCUT2D eigenvalue weighted by molar-refractivity contribution is -0.106. The summed E-state index contributed by atoms with van der Waals surface area (Å²) in [4.78, 5) is 25.7. The maximum atomic E-state index is 11.8. The standard InChI is InChI=1S/C13H14N2OS.C2H4O/c1-10-7-11(9-14-8-10)13(16)15-17-12-5-3-2-4-6-12;1-2-3/h3,5-9H,2,4H2,1H3,(H,15,16);2H,1H3. The molecule has 1 aromatic heterocycles. The quantitative estimate of drug-likeness (QED) is 0.686. The summed E-state index contributed by atoms with van der Waals surface area (Å²) in [5.74, 6) is -0.105. The number of hydrogen-bond donors (Lipinski definition) is 1. The smallest absolute Gasteiger partial charge is 0.262 e. The maximum absolute atomic E-state index is 11.8. The molecule has 0 radical (unpaired) electrons. The molecule has 0 saturated carbocycles. The molecule has 0 saturated heterocycles. The zero-order chi connectivity index (χ0) is 14.8. The summed E-state index contributed by atoms with van der Waals surface area (Å²) >= 11 is 1.35. The average molecular weight is 290 g/mol. The van der Waals surface area contributed by atoms with Gasteiger partial charge in [0.15, 0.2) is 0 Å². The van der Waals surface area contributed by atoms with Crippen molar-refractivity contribution in [3.63, 3.8) is 0 Å². The van der Waals surface area contributed by atoms with Crippen LogP contribution in [0.15, 0.2) is 41.6 Å². The molecule has 4 nitrogen and oxygen atoms in total. The van der Waals surface area contributed by atoms with Crippen LogP contribution >= 0.6 is 11.9 Å². The minimum atomic E-state index is -0.105. The van der Waals surface area contributed by atoms with Crippen LogP contribution in [-0.4, -0.2) is 17.2 Å². The van der Waals surface area contributed by atoms with Crippen molar-refractivity contribution in [2.75, 3.05) is 0 Å². The number of aromatic nitrogens is 1. The molecule has 1 heterocycles. The van der Waals surface area contributed by atoms with Crippen LogP contribution in [0.4, 0.5) is 0 Å². The highest BCUT2D eigenvalue weighted by Crippen LogP contribution is 2.19. The highest BCUT2D eigenvalue weighted by molar-refractivity contribution is 8.01. The van der Waals surface area contributed by atoms with Gasteiger partial charge in [-0.1, -0.05) is 18.2 Å². The van der Waals surface area contributed by atoms with E-state index in [4.69, 9.17) is 4.79 Å². The van der Waals surface area contributed by atoms with Crippen molar-refractivity contribution in [3.8, 4) is 0 Å². The normalized spacial score (nSPS) is 12.8. The van der Waals surface area contributed by atoms with Crippen molar-refractivity contribution in [2.24, 2.45) is 0 Å². The lowest BCUT2D eigenvalue weighted by Gasteiger charge is -2.07. The third kappa shape index (κ3) is 5.84. The Labute approximate surface area is 123 Å². The summed E-state index contributed by atoms with van der Waals surface area (Å²) in [5.41, 5.74) is 1.58. The number of aldehydes is 1. The molecule has 1 amide bonds. The molecule has 0 spiro atoms. The Bertz CT molecular complexity index is 524. The lowest BCUT2D eigenvalue weighted by Crippen LogP contribution is -2.16. The van der Waals surface area contributed by atoms with Crippen LogP contribution < -0.4 is 4.72 Å². The van der Waals surface area contributed by atoms with Gasteiger partial charge in [-0.15, -0.1) is 0 Å². The van der Waals surface area contributed by atoms with E-state index in [1.54, 1.807) is 12.4 Å². The van der Waals surface area contributed by atoms with Crippen LogP contribution in [0.25, 0.3) is 0 Å². The SMILES string of the molecule is CC=O.Cc1cncc(C(=O)NSC2=CCCC=C2)c1. The molecule has 1 aliphatic carbocycles. The van der Waals surface area contributed by atoms with Crippen molar-refractivity contribution in [2.45, 2.75) is 26.7 Å². The topological polar surface area (TPSA) is 59.1 Å². The number of rotatable bonds is 3. The Morgan fingerprint density at radius 2 is 2.15 bits per heavy atom. The molecule has 1 aromatic rings. The van der Waals surface area contributed by atoms with E-state index in [0.717, 1.165) is 29.6 Å². The number of hydrogen-bond acceptors (Lipinski definition) is 4. The van der Waals surface area contributed by atoms with E-state index in [1.807, 2.05) is 19.1 Å². The molecule has 0 atom stereocenters. The molecule has 0 bridgehead atoms. The zero-order valence-corrected chi connectivity index (χ0v) is 12.4. The summed E-state index contributed by atoms with van der Waals surface area (Å²) in [6.07, 6.45) is 12.5. The van der Waals surface area contributed by atoms with Crippen LogP contribution in [0, 0.1) is 6.92 Å². The van der Waals surface area contributed by atoms with Crippen LogP contribution in [-0.2, 0) is 4.79 Å². The van der Waals surface area contributed by atoms with Gasteiger partial charge in [0.2, 0.25) is 0 Å². The number of carbonyl (C=O) groups excluding carboxylic acids is 2. The van der Waals surface area contributed by atoms with Gasteiger partial charge in [0.25, 0.3) is 5.91 Å². The minimum Gasteiger partial charge on any atom is -0.304 e. The first-order valence-electron chi connectivity index (χ1n) is 6.32. The van der Waals surface area contributed by atoms with Crippen molar-refractivity contribution in [1.82, 2.24) is 9.71 Å². The Balaban J connectivity index is 0.000000612. The minimum absolute atomic E-state index is 0.105. The predicted octanol–water partition coefficient (Wildman–Crippen LogP) is 3.21. The first kappa shape index (κ1) is 16.2. The number of nitrogens with zero attached hydrogens (tertiary/aromatic N) is 1. The highest BCUT2D eigenvalue weighted by atomic mass is 32.2. The molecule has 2 rings (SSSR count). The first-order valence-corrected chi connectivity index (χ1v) is 7.14. The Kier molecular flexibility index (Phi) is 7.35. The third-order valence-corrected chi connectivity index (χ3v) is 3.19. The molecule has 106 valence electrons. The molecule has 0 unspecified atom stereocenters. The lowest BCUT2D eigenvalue weighted by atomic mass is 10.2. The third-order valence-electron chi connectivity index (χ3n) is 2.36. The van der Waals surface area contributed by atoms with E-state index in [1.165, 1.54) is 18.9 Å². The van der Waals surface area contributed by atoms with Crippen LogP contribution in [0.2, 0.25) is 0 Å². The van der Waals surface area contributed by atoms with Crippen molar-refractivity contribution in [3.05, 3.63) is 52.7 Å². The second-order valence-corrected chi connectivity index (χ2v) is 4.99. The molecule has 0 aliphatic heterocycles. The fraction of sp³-hybridized carbons (Fsp3) is 0.267. The molecule has 1 N–H and O–H groups in total. The monoisotopic (exact) mass is 290 g/mol. The fourth-order valence-corrected chi connectivity index (χ4v) is 2.20. The number of pyridine rings is 1. The van der Waals surface area contributed by atoms with Gasteiger partial charge in [0.1, 0.15) is 6.29 Å². The van der Waals surface area contributed by atoms with E-state index in [2.05, 4.69) is 21.9 Å². The highest BCUT2D eigenvalue weighted by Gasteiger charge is 2.07. The second kappa shape index (κ2) is 9.09. The first-order chi connectivity index (χ1) is 9.67. The Morgan fingerprint density at radius 1 is 1.40 bits per heavy atom. The number of allylic oxidation sites excluding steroid dienone is 3. The van der Waals surface area contributed by atoms with Crippen LogP contribution in [0.3, 0.4) is 0 Å². The molecule has 0 fully saturated rings. The largest absolute Gasteiger partial charge is 0.304 e. The number of nitrogens with one attached hydrogen (secondary N) is 1. The zero-order valence-electron chi connectivity index (χ0n) is 11.6. The fourth-order valence-electron chi connectivity index (χ4n) is 1.51. The molecular formula is C15H18N2O2S. The molecule has 20 heavy (non-hydrogen) atoms. The van der Waals surface area contributed by atoms with E-state index >= 15 is 0 Å². The van der Waals surface area contributed by atoms with Gasteiger partial charge in [0, 0.05) is 17.3 Å². The van der Waals surface area contributed by atoms with E-state index in [-0.39, 0.29) is 5.91 Å². The number of amides is 1. The molecule has 5 heteroatoms. The average Bonchev–Trinajstić information content (AvgIpc) is 2.47. The number of carbonyl (C=O) groups is 2. The Hall–Kier alpha value is -1.88. The summed E-state index contributed by atoms with van der Waals surface area (Å²) in [7, 11) is 0. The second-order valence-electron chi connectivity index (χ2n) is 4.11. The molecular weight excluding hydrogens is 272 g/mol. The predicted molar refractivity (Wildman–Crippen MR) is 82.2 cm³/mol. The van der Waals surface area contributed by atoms with Gasteiger partial charge in [-0.2, -0.15) is 0 Å².